The molecule has 1 aromatic heterocycles. The van der Waals surface area contributed by atoms with Crippen molar-refractivity contribution in [3.8, 4) is 0 Å². The van der Waals surface area contributed by atoms with Crippen LogP contribution in [0.5, 0.6) is 0 Å². The highest BCUT2D eigenvalue weighted by Crippen LogP contribution is 2.40. The number of hydrogen-bond acceptors (Lipinski definition) is 9. The zero-order valence-corrected chi connectivity index (χ0v) is 17.1. The number of ether oxygens (including phenoxy) is 3. The predicted molar refractivity (Wildman–Crippen MR) is 102 cm³/mol. The number of aromatic nitrogens is 1. The van der Waals surface area contributed by atoms with E-state index in [0.717, 1.165) is 0 Å². The Kier molecular flexibility index (Phi) is 5.69. The minimum Gasteiger partial charge on any atom is -0.452 e. The number of anilines is 1. The average molecular weight is 437 g/mol. The zero-order valence-electron chi connectivity index (χ0n) is 16.3. The fourth-order valence-corrected chi connectivity index (χ4v) is 4.44. The van der Waals surface area contributed by atoms with Crippen LogP contribution in [0.1, 0.15) is 25.2 Å². The van der Waals surface area contributed by atoms with Crippen LogP contribution in [0, 0.1) is 6.92 Å². The molecule has 2 heterocycles. The van der Waals surface area contributed by atoms with Crippen molar-refractivity contribution in [2.24, 2.45) is 5.73 Å². The van der Waals surface area contributed by atoms with Gasteiger partial charge in [-0.25, -0.2) is 17.5 Å². The van der Waals surface area contributed by atoms with Gasteiger partial charge in [0.15, 0.2) is 17.3 Å². The van der Waals surface area contributed by atoms with Gasteiger partial charge < -0.3 is 24.5 Å². The molecule has 0 aliphatic carbocycles. The number of rotatable bonds is 6. The van der Waals surface area contributed by atoms with Gasteiger partial charge in [0.05, 0.1) is 11.5 Å². The predicted octanol–water partition coefficient (Wildman–Crippen LogP) is 1.88. The van der Waals surface area contributed by atoms with E-state index in [1.54, 1.807) is 19.9 Å². The van der Waals surface area contributed by atoms with Crippen LogP contribution in [0.4, 0.5) is 10.6 Å². The molecule has 1 amide bonds. The highest BCUT2D eigenvalue weighted by Gasteiger charge is 2.43. The van der Waals surface area contributed by atoms with Gasteiger partial charge in [0.2, 0.25) is 6.29 Å². The molecule has 160 valence electrons. The molecule has 1 aromatic carbocycles. The Balaban J connectivity index is 2.18. The number of sulfonamides is 1. The Morgan fingerprint density at radius 3 is 2.60 bits per heavy atom. The number of hydrogen-bond donors (Lipinski definition) is 1. The summed E-state index contributed by atoms with van der Waals surface area (Å²) in [4.78, 5) is 23.8. The van der Waals surface area contributed by atoms with Crippen molar-refractivity contribution < 1.29 is 36.7 Å². The van der Waals surface area contributed by atoms with E-state index in [9.17, 15) is 18.0 Å². The summed E-state index contributed by atoms with van der Waals surface area (Å²) in [5, 5.41) is 3.70. The minimum atomic E-state index is -4.28. The molecule has 0 spiro atoms. The molecule has 0 fully saturated rings. The van der Waals surface area contributed by atoms with Crippen LogP contribution >= 0.6 is 0 Å². The van der Waals surface area contributed by atoms with Gasteiger partial charge in [0.25, 0.3) is 15.9 Å². The van der Waals surface area contributed by atoms with Crippen LogP contribution in [-0.4, -0.2) is 38.5 Å². The minimum absolute atomic E-state index is 0.0714. The topological polar surface area (TPSA) is 151 Å². The maximum atomic E-state index is 13.3. The summed E-state index contributed by atoms with van der Waals surface area (Å²) >= 11 is 0. The Labute approximate surface area is 172 Å². The summed E-state index contributed by atoms with van der Waals surface area (Å²) in [7, 11) is -4.28. The lowest BCUT2D eigenvalue weighted by molar-refractivity contribution is -0.114. The number of aryl methyl sites for hydroxylation is 1. The van der Waals surface area contributed by atoms with Crippen LogP contribution in [0.25, 0.3) is 5.76 Å². The van der Waals surface area contributed by atoms with Crippen LogP contribution in [-0.2, 0) is 29.0 Å². The Bertz CT molecular complexity index is 1120. The first kappa shape index (κ1) is 21.2. The van der Waals surface area contributed by atoms with Gasteiger partial charge in [0, 0.05) is 18.6 Å². The largest absolute Gasteiger partial charge is 0.511 e. The molecule has 30 heavy (non-hydrogen) atoms. The van der Waals surface area contributed by atoms with E-state index in [1.807, 2.05) is 0 Å². The third-order valence-electron chi connectivity index (χ3n) is 3.93. The van der Waals surface area contributed by atoms with Crippen LogP contribution < -0.4 is 10.0 Å². The lowest BCUT2D eigenvalue weighted by atomic mass is 10.1. The van der Waals surface area contributed by atoms with E-state index in [2.05, 4.69) is 5.16 Å². The summed E-state index contributed by atoms with van der Waals surface area (Å²) in [6.07, 6.45) is -2.23. The number of nitrogens with zero attached hydrogens (tertiary/aromatic N) is 2. The van der Waals surface area contributed by atoms with Crippen molar-refractivity contribution in [3.63, 3.8) is 0 Å². The number of primary amides is 1. The van der Waals surface area contributed by atoms with E-state index < -0.39 is 34.1 Å². The van der Waals surface area contributed by atoms with Gasteiger partial charge in [-0.3, -0.25) is 4.79 Å². The number of benzene rings is 1. The molecule has 1 aliphatic heterocycles. The molecule has 1 unspecified atom stereocenters. The van der Waals surface area contributed by atoms with Gasteiger partial charge in [0.1, 0.15) is 5.76 Å². The number of carbonyl (C=O) groups excluding carboxylic acids is 2. The summed E-state index contributed by atoms with van der Waals surface area (Å²) in [6, 6.07) is 7.16. The number of amides is 1. The molecule has 0 radical (unpaired) electrons. The van der Waals surface area contributed by atoms with E-state index in [-0.39, 0.29) is 28.6 Å². The van der Waals surface area contributed by atoms with Crippen molar-refractivity contribution in [1.82, 2.24) is 5.16 Å². The molecule has 3 rings (SSSR count). The maximum absolute atomic E-state index is 13.3. The molecule has 1 atom stereocenters. The number of carbonyl (C=O) groups is 2. The van der Waals surface area contributed by atoms with Crippen LogP contribution in [0.2, 0.25) is 0 Å². The van der Waals surface area contributed by atoms with Crippen molar-refractivity contribution >= 4 is 33.7 Å². The molecule has 12 heteroatoms. The standard InChI is InChI=1S/C18H19N3O8S/c1-4-26-18(23)28-11(3)27-16-12-7-5-6-8-13(12)30(24,25)21(15(16)17(19)22)14-9-10(2)29-20-14/h5-9,11H,4H2,1-3H3,(H2,19,22). The van der Waals surface area contributed by atoms with Gasteiger partial charge in [-0.2, -0.15) is 0 Å². The fraction of sp³-hybridized carbons (Fsp3) is 0.278. The summed E-state index contributed by atoms with van der Waals surface area (Å²) < 4.78 is 47.4. The van der Waals surface area contributed by atoms with Crippen LogP contribution in [0.3, 0.4) is 0 Å². The highest BCUT2D eigenvalue weighted by molar-refractivity contribution is 7.93. The zero-order chi connectivity index (χ0) is 22.1. The van der Waals surface area contributed by atoms with E-state index in [0.29, 0.717) is 10.1 Å². The SMILES string of the molecule is CCOC(=O)OC(C)OC1=C(C(N)=O)N(c2cc(C)on2)S(=O)(=O)c2ccccc21. The highest BCUT2D eigenvalue weighted by atomic mass is 32.2. The monoisotopic (exact) mass is 437 g/mol. The number of fused-ring (bicyclic) bond motifs is 1. The first-order valence-corrected chi connectivity index (χ1v) is 10.2. The van der Waals surface area contributed by atoms with Gasteiger partial charge in [-0.05, 0) is 26.0 Å². The Morgan fingerprint density at radius 1 is 1.30 bits per heavy atom. The molecule has 2 aromatic rings. The van der Waals surface area contributed by atoms with Crippen molar-refractivity contribution in [2.75, 3.05) is 10.9 Å². The second-order valence-electron chi connectivity index (χ2n) is 6.09. The van der Waals surface area contributed by atoms with Gasteiger partial charge in [-0.1, -0.05) is 17.3 Å². The first-order chi connectivity index (χ1) is 14.2. The smallest absolute Gasteiger partial charge is 0.452 e. The summed E-state index contributed by atoms with van der Waals surface area (Å²) in [6.45, 7) is 4.61. The Morgan fingerprint density at radius 2 is 2.00 bits per heavy atom. The van der Waals surface area contributed by atoms with Crippen molar-refractivity contribution in [2.45, 2.75) is 32.0 Å². The molecule has 11 nitrogen and oxygen atoms in total. The average Bonchev–Trinajstić information content (AvgIpc) is 3.09. The van der Waals surface area contributed by atoms with Crippen molar-refractivity contribution in [3.05, 3.63) is 47.4 Å². The van der Waals surface area contributed by atoms with Gasteiger partial charge >= 0.3 is 6.16 Å². The quantitative estimate of drug-likeness (QED) is 0.527. The second kappa shape index (κ2) is 8.06. The molecule has 1 aliphatic rings. The van der Waals surface area contributed by atoms with Crippen molar-refractivity contribution in [1.29, 1.82) is 0 Å². The molecular weight excluding hydrogens is 418 g/mol. The van der Waals surface area contributed by atoms with Crippen LogP contribution in [0.15, 0.2) is 45.4 Å². The molecule has 0 saturated heterocycles. The second-order valence-corrected chi connectivity index (χ2v) is 7.84. The molecule has 0 saturated carbocycles. The molecule has 2 N–H and O–H groups in total. The lowest BCUT2D eigenvalue weighted by Gasteiger charge is -2.31. The van der Waals surface area contributed by atoms with E-state index >= 15 is 0 Å². The third kappa shape index (κ3) is 3.81. The summed E-state index contributed by atoms with van der Waals surface area (Å²) in [5.41, 5.74) is 5.08. The van der Waals surface area contributed by atoms with Gasteiger partial charge in [-0.15, -0.1) is 0 Å². The number of nitrogens with two attached hydrogens (primary N) is 1. The molecule has 0 bridgehead atoms. The van der Waals surface area contributed by atoms with E-state index in [4.69, 9.17) is 24.5 Å². The lowest BCUT2D eigenvalue weighted by Crippen LogP contribution is -2.41. The summed E-state index contributed by atoms with van der Waals surface area (Å²) in [5.74, 6) is -1.18. The molecular formula is C18H19N3O8S. The third-order valence-corrected chi connectivity index (χ3v) is 5.70. The maximum Gasteiger partial charge on any atom is 0.511 e. The normalized spacial score (nSPS) is 15.9. The first-order valence-electron chi connectivity index (χ1n) is 8.79. The Hall–Kier alpha value is -3.54. The fourth-order valence-electron chi connectivity index (χ4n) is 2.81. The van der Waals surface area contributed by atoms with E-state index in [1.165, 1.54) is 31.2 Å².